The average molecular weight is 211 g/mol. The Morgan fingerprint density at radius 3 is 2.62 bits per heavy atom. The zero-order valence-electron chi connectivity index (χ0n) is 8.50. The molecule has 1 aliphatic rings. The minimum atomic E-state index is 0.0189. The van der Waals surface area contributed by atoms with Crippen molar-refractivity contribution >= 4 is 11.6 Å². The first-order valence-corrected chi connectivity index (χ1v) is 5.01. The SMILES string of the molecule is O=C1c2ccccc2CN1c1cncnc1. The van der Waals surface area contributed by atoms with Crippen molar-refractivity contribution in [2.75, 3.05) is 4.90 Å². The van der Waals surface area contributed by atoms with Gasteiger partial charge in [-0.15, -0.1) is 0 Å². The van der Waals surface area contributed by atoms with E-state index < -0.39 is 0 Å². The van der Waals surface area contributed by atoms with Gasteiger partial charge in [-0.1, -0.05) is 18.2 Å². The first-order chi connectivity index (χ1) is 7.86. The third kappa shape index (κ3) is 1.27. The minimum Gasteiger partial charge on any atom is -0.301 e. The van der Waals surface area contributed by atoms with E-state index in [9.17, 15) is 4.79 Å². The quantitative estimate of drug-likeness (QED) is 0.720. The van der Waals surface area contributed by atoms with E-state index in [0.717, 1.165) is 16.8 Å². The van der Waals surface area contributed by atoms with Gasteiger partial charge >= 0.3 is 0 Å². The smallest absolute Gasteiger partial charge is 0.259 e. The highest BCUT2D eigenvalue weighted by Gasteiger charge is 2.27. The molecule has 2 aromatic rings. The largest absolute Gasteiger partial charge is 0.301 e. The number of hydrogen-bond acceptors (Lipinski definition) is 3. The van der Waals surface area contributed by atoms with E-state index in [-0.39, 0.29) is 5.91 Å². The van der Waals surface area contributed by atoms with Crippen LogP contribution in [0.3, 0.4) is 0 Å². The molecule has 0 saturated heterocycles. The standard InChI is InChI=1S/C12H9N3O/c16-12-11-4-2-1-3-9(11)7-15(12)10-5-13-8-14-6-10/h1-6,8H,7H2. The molecule has 1 amide bonds. The number of carbonyl (C=O) groups excluding carboxylic acids is 1. The first-order valence-electron chi connectivity index (χ1n) is 5.01. The van der Waals surface area contributed by atoms with Gasteiger partial charge in [-0.3, -0.25) is 4.79 Å². The van der Waals surface area contributed by atoms with Crippen molar-refractivity contribution in [3.05, 3.63) is 54.1 Å². The average Bonchev–Trinajstić information content (AvgIpc) is 2.69. The maximum Gasteiger partial charge on any atom is 0.259 e. The molecule has 0 aliphatic carbocycles. The summed E-state index contributed by atoms with van der Waals surface area (Å²) in [5, 5.41) is 0. The predicted octanol–water partition coefficient (Wildman–Crippen LogP) is 1.64. The van der Waals surface area contributed by atoms with Gasteiger partial charge in [-0.25, -0.2) is 9.97 Å². The Kier molecular flexibility index (Phi) is 1.93. The van der Waals surface area contributed by atoms with E-state index in [1.54, 1.807) is 17.3 Å². The molecule has 0 spiro atoms. The molecule has 0 atom stereocenters. The Hall–Kier alpha value is -2.23. The summed E-state index contributed by atoms with van der Waals surface area (Å²) in [6.45, 7) is 0.600. The summed E-state index contributed by atoms with van der Waals surface area (Å²) in [5.41, 5.74) is 2.56. The van der Waals surface area contributed by atoms with E-state index in [1.807, 2.05) is 24.3 Å². The first kappa shape index (κ1) is 9.03. The van der Waals surface area contributed by atoms with Crippen molar-refractivity contribution in [1.82, 2.24) is 9.97 Å². The normalized spacial score (nSPS) is 14.0. The van der Waals surface area contributed by atoms with Crippen LogP contribution < -0.4 is 4.90 Å². The molecule has 0 saturated carbocycles. The summed E-state index contributed by atoms with van der Waals surface area (Å²) < 4.78 is 0. The molecule has 16 heavy (non-hydrogen) atoms. The number of anilines is 1. The lowest BCUT2D eigenvalue weighted by Crippen LogP contribution is -2.23. The van der Waals surface area contributed by atoms with Crippen LogP contribution in [0.5, 0.6) is 0 Å². The lowest BCUT2D eigenvalue weighted by molar-refractivity contribution is 0.0996. The van der Waals surface area contributed by atoms with Gasteiger partial charge in [0, 0.05) is 5.56 Å². The maximum absolute atomic E-state index is 12.1. The van der Waals surface area contributed by atoms with Crippen molar-refractivity contribution in [2.24, 2.45) is 0 Å². The van der Waals surface area contributed by atoms with E-state index in [0.29, 0.717) is 6.54 Å². The Labute approximate surface area is 92.6 Å². The van der Waals surface area contributed by atoms with Gasteiger partial charge in [0.2, 0.25) is 0 Å². The molecule has 0 N–H and O–H groups in total. The number of aromatic nitrogens is 2. The Morgan fingerprint density at radius 1 is 1.12 bits per heavy atom. The number of hydrogen-bond donors (Lipinski definition) is 0. The molecule has 0 bridgehead atoms. The van der Waals surface area contributed by atoms with Crippen molar-refractivity contribution in [3.8, 4) is 0 Å². The van der Waals surface area contributed by atoms with E-state index in [4.69, 9.17) is 0 Å². The molecule has 78 valence electrons. The second-order valence-electron chi connectivity index (χ2n) is 3.65. The van der Waals surface area contributed by atoms with Crippen molar-refractivity contribution in [1.29, 1.82) is 0 Å². The molecule has 1 aliphatic heterocycles. The molecule has 2 heterocycles. The van der Waals surface area contributed by atoms with Crippen molar-refractivity contribution in [2.45, 2.75) is 6.54 Å². The molecule has 1 aromatic heterocycles. The predicted molar refractivity (Wildman–Crippen MR) is 59.0 cm³/mol. The summed E-state index contributed by atoms with van der Waals surface area (Å²) >= 11 is 0. The third-order valence-electron chi connectivity index (χ3n) is 2.68. The summed E-state index contributed by atoms with van der Waals surface area (Å²) in [6, 6.07) is 7.64. The van der Waals surface area contributed by atoms with Crippen molar-refractivity contribution in [3.63, 3.8) is 0 Å². The number of carbonyl (C=O) groups is 1. The van der Waals surface area contributed by atoms with Crippen LogP contribution >= 0.6 is 0 Å². The van der Waals surface area contributed by atoms with Crippen LogP contribution in [-0.4, -0.2) is 15.9 Å². The summed E-state index contributed by atoms with van der Waals surface area (Å²) in [5.74, 6) is 0.0189. The highest BCUT2D eigenvalue weighted by molar-refractivity contribution is 6.09. The van der Waals surface area contributed by atoms with Crippen LogP contribution in [0.1, 0.15) is 15.9 Å². The lowest BCUT2D eigenvalue weighted by atomic mass is 10.1. The monoisotopic (exact) mass is 211 g/mol. The fraction of sp³-hybridized carbons (Fsp3) is 0.0833. The van der Waals surface area contributed by atoms with Crippen LogP contribution in [0, 0.1) is 0 Å². The molecule has 0 unspecified atom stereocenters. The number of nitrogens with zero attached hydrogens (tertiary/aromatic N) is 3. The molecule has 0 radical (unpaired) electrons. The number of amides is 1. The molecule has 4 heteroatoms. The zero-order valence-corrected chi connectivity index (χ0v) is 8.50. The van der Waals surface area contributed by atoms with Crippen LogP contribution in [0.4, 0.5) is 5.69 Å². The van der Waals surface area contributed by atoms with Gasteiger partial charge in [-0.05, 0) is 11.6 Å². The Bertz CT molecular complexity index is 539. The van der Waals surface area contributed by atoms with Gasteiger partial charge in [0.25, 0.3) is 5.91 Å². The van der Waals surface area contributed by atoms with Gasteiger partial charge < -0.3 is 4.90 Å². The summed E-state index contributed by atoms with van der Waals surface area (Å²) in [6.07, 6.45) is 4.75. The van der Waals surface area contributed by atoms with E-state index >= 15 is 0 Å². The van der Waals surface area contributed by atoms with Crippen LogP contribution in [0.25, 0.3) is 0 Å². The number of benzene rings is 1. The van der Waals surface area contributed by atoms with Crippen molar-refractivity contribution < 1.29 is 4.79 Å². The molecule has 1 aromatic carbocycles. The summed E-state index contributed by atoms with van der Waals surface area (Å²) in [4.78, 5) is 21.6. The summed E-state index contributed by atoms with van der Waals surface area (Å²) in [7, 11) is 0. The Morgan fingerprint density at radius 2 is 1.88 bits per heavy atom. The maximum atomic E-state index is 12.1. The lowest BCUT2D eigenvalue weighted by Gasteiger charge is -2.13. The minimum absolute atomic E-state index is 0.0189. The molecule has 3 rings (SSSR count). The molecular formula is C12H9N3O. The second-order valence-corrected chi connectivity index (χ2v) is 3.65. The van der Waals surface area contributed by atoms with Gasteiger partial charge in [0.1, 0.15) is 6.33 Å². The topological polar surface area (TPSA) is 46.1 Å². The van der Waals surface area contributed by atoms with E-state index in [1.165, 1.54) is 6.33 Å². The highest BCUT2D eigenvalue weighted by Crippen LogP contribution is 2.26. The molecule has 0 fully saturated rings. The van der Waals surface area contributed by atoms with Crippen LogP contribution in [0.2, 0.25) is 0 Å². The van der Waals surface area contributed by atoms with Crippen LogP contribution in [0.15, 0.2) is 43.0 Å². The molecule has 4 nitrogen and oxygen atoms in total. The zero-order chi connectivity index (χ0) is 11.0. The van der Waals surface area contributed by atoms with Gasteiger partial charge in [0.15, 0.2) is 0 Å². The Balaban J connectivity index is 2.02. The number of fused-ring (bicyclic) bond motifs is 1. The van der Waals surface area contributed by atoms with Gasteiger partial charge in [0.05, 0.1) is 24.6 Å². The van der Waals surface area contributed by atoms with Crippen LogP contribution in [-0.2, 0) is 6.54 Å². The molecular weight excluding hydrogens is 202 g/mol. The second kappa shape index (κ2) is 3.41. The van der Waals surface area contributed by atoms with E-state index in [2.05, 4.69) is 9.97 Å². The number of rotatable bonds is 1. The van der Waals surface area contributed by atoms with Gasteiger partial charge in [-0.2, -0.15) is 0 Å². The fourth-order valence-corrected chi connectivity index (χ4v) is 1.89. The fourth-order valence-electron chi connectivity index (χ4n) is 1.89. The highest BCUT2D eigenvalue weighted by atomic mass is 16.2. The third-order valence-corrected chi connectivity index (χ3v) is 2.68.